The lowest BCUT2D eigenvalue weighted by atomic mass is 10.2. The van der Waals surface area contributed by atoms with Gasteiger partial charge in [0, 0.05) is 11.4 Å². The molecule has 1 N–H and O–H groups in total. The first-order valence-electron chi connectivity index (χ1n) is 8.25. The van der Waals surface area contributed by atoms with E-state index in [9.17, 15) is 13.2 Å². The van der Waals surface area contributed by atoms with Crippen LogP contribution in [0.3, 0.4) is 0 Å². The Hall–Kier alpha value is -1.02. The van der Waals surface area contributed by atoms with Crippen LogP contribution in [0, 0.1) is 0 Å². The fourth-order valence-corrected chi connectivity index (χ4v) is 5.68. The third-order valence-corrected chi connectivity index (χ3v) is 7.11. The number of carbonyl (C=O) groups is 1. The standard InChI is InChI=1S/C16H20Cl2N2O4S/c17-12-1-2-15(14(18)9-12)24-10-16(21)20-6-4-19(5-7-20)13-3-8-25(22,23)11-13/h1-2,9,13H,3-8,10-11H2/p+1/t13-/m0/s1. The Morgan fingerprint density at radius 2 is 2.00 bits per heavy atom. The maximum absolute atomic E-state index is 12.3. The second-order valence-electron chi connectivity index (χ2n) is 6.50. The molecule has 2 aliphatic rings. The molecule has 9 heteroatoms. The SMILES string of the molecule is O=C(COc1ccc(Cl)cc1Cl)N1CC[NH+]([C@H]2CCS(=O)(=O)C2)CC1. The molecule has 2 heterocycles. The van der Waals surface area contributed by atoms with E-state index in [-0.39, 0.29) is 24.3 Å². The minimum atomic E-state index is -2.86. The molecule has 0 saturated carbocycles. The third kappa shape index (κ3) is 4.78. The van der Waals surface area contributed by atoms with Gasteiger partial charge in [-0.25, -0.2) is 8.42 Å². The van der Waals surface area contributed by atoms with Crippen LogP contribution in [-0.2, 0) is 14.6 Å². The first-order chi connectivity index (χ1) is 11.8. The van der Waals surface area contributed by atoms with Crippen LogP contribution in [0.25, 0.3) is 0 Å². The zero-order valence-corrected chi connectivity index (χ0v) is 16.0. The molecule has 3 rings (SSSR count). The van der Waals surface area contributed by atoms with E-state index in [1.165, 1.54) is 4.90 Å². The maximum Gasteiger partial charge on any atom is 0.260 e. The molecule has 2 fully saturated rings. The number of carbonyl (C=O) groups excluding carboxylic acids is 1. The van der Waals surface area contributed by atoms with Gasteiger partial charge in [-0.1, -0.05) is 23.2 Å². The molecular formula is C16H21Cl2N2O4S+. The number of hydrogen-bond acceptors (Lipinski definition) is 4. The number of ether oxygens (including phenoxy) is 1. The summed E-state index contributed by atoms with van der Waals surface area (Å²) >= 11 is 11.9. The number of nitrogens with zero attached hydrogens (tertiary/aromatic N) is 1. The highest BCUT2D eigenvalue weighted by Gasteiger charge is 2.37. The van der Waals surface area contributed by atoms with Crippen LogP contribution in [0.1, 0.15) is 6.42 Å². The number of nitrogens with one attached hydrogen (secondary N) is 1. The van der Waals surface area contributed by atoms with Crippen molar-refractivity contribution < 1.29 is 22.8 Å². The van der Waals surface area contributed by atoms with Gasteiger partial charge in [0.1, 0.15) is 17.5 Å². The molecule has 0 aromatic heterocycles. The van der Waals surface area contributed by atoms with E-state index in [4.69, 9.17) is 27.9 Å². The van der Waals surface area contributed by atoms with E-state index in [2.05, 4.69) is 0 Å². The van der Waals surface area contributed by atoms with Crippen molar-refractivity contribution in [2.24, 2.45) is 0 Å². The number of benzene rings is 1. The summed E-state index contributed by atoms with van der Waals surface area (Å²) in [6.07, 6.45) is 0.726. The van der Waals surface area contributed by atoms with Crippen LogP contribution in [0.4, 0.5) is 0 Å². The predicted molar refractivity (Wildman–Crippen MR) is 96.3 cm³/mol. The predicted octanol–water partition coefficient (Wildman–Crippen LogP) is 0.286. The average molecular weight is 408 g/mol. The largest absolute Gasteiger partial charge is 0.482 e. The molecule has 0 spiro atoms. The van der Waals surface area contributed by atoms with E-state index in [0.29, 0.717) is 34.6 Å². The van der Waals surface area contributed by atoms with Crippen LogP contribution < -0.4 is 9.64 Å². The smallest absolute Gasteiger partial charge is 0.260 e. The van der Waals surface area contributed by atoms with Crippen molar-refractivity contribution in [3.8, 4) is 5.75 Å². The van der Waals surface area contributed by atoms with Gasteiger partial charge in [0.15, 0.2) is 16.4 Å². The first kappa shape index (κ1) is 18.8. The van der Waals surface area contributed by atoms with Crippen molar-refractivity contribution in [1.29, 1.82) is 0 Å². The van der Waals surface area contributed by atoms with E-state index >= 15 is 0 Å². The van der Waals surface area contributed by atoms with E-state index in [0.717, 1.165) is 19.5 Å². The van der Waals surface area contributed by atoms with Crippen molar-refractivity contribution in [2.75, 3.05) is 44.3 Å². The Morgan fingerprint density at radius 1 is 1.28 bits per heavy atom. The van der Waals surface area contributed by atoms with Gasteiger partial charge in [0.05, 0.1) is 37.0 Å². The summed E-state index contributed by atoms with van der Waals surface area (Å²) in [6, 6.07) is 5.04. The number of sulfone groups is 1. The molecule has 0 bridgehead atoms. The quantitative estimate of drug-likeness (QED) is 0.778. The van der Waals surface area contributed by atoms with Gasteiger partial charge in [0.25, 0.3) is 5.91 Å². The van der Waals surface area contributed by atoms with Crippen molar-refractivity contribution in [3.63, 3.8) is 0 Å². The van der Waals surface area contributed by atoms with Crippen LogP contribution >= 0.6 is 23.2 Å². The summed E-state index contributed by atoms with van der Waals surface area (Å²) in [5.41, 5.74) is 0. The van der Waals surface area contributed by atoms with Crippen molar-refractivity contribution in [2.45, 2.75) is 12.5 Å². The highest BCUT2D eigenvalue weighted by atomic mass is 35.5. The Balaban J connectivity index is 1.47. The molecule has 0 unspecified atom stereocenters. The molecule has 0 radical (unpaired) electrons. The Kier molecular flexibility index (Phi) is 5.78. The zero-order chi connectivity index (χ0) is 18.0. The molecule has 1 amide bonds. The molecule has 138 valence electrons. The Labute approximate surface area is 157 Å². The minimum Gasteiger partial charge on any atom is -0.482 e. The summed E-state index contributed by atoms with van der Waals surface area (Å²) < 4.78 is 28.7. The molecule has 1 aromatic carbocycles. The van der Waals surface area contributed by atoms with Crippen molar-refractivity contribution >= 4 is 38.9 Å². The van der Waals surface area contributed by atoms with Gasteiger partial charge in [-0.3, -0.25) is 4.79 Å². The monoisotopic (exact) mass is 407 g/mol. The van der Waals surface area contributed by atoms with Gasteiger partial charge >= 0.3 is 0 Å². The first-order valence-corrected chi connectivity index (χ1v) is 10.8. The lowest BCUT2D eigenvalue weighted by Crippen LogP contribution is -3.18. The normalized spacial score (nSPS) is 23.6. The molecule has 0 aliphatic carbocycles. The molecule has 2 aliphatic heterocycles. The van der Waals surface area contributed by atoms with Crippen LogP contribution in [-0.4, -0.2) is 69.6 Å². The summed E-state index contributed by atoms with van der Waals surface area (Å²) in [7, 11) is -2.86. The second-order valence-corrected chi connectivity index (χ2v) is 9.57. The van der Waals surface area contributed by atoms with Crippen LogP contribution in [0.5, 0.6) is 5.75 Å². The number of hydrogen-bond donors (Lipinski definition) is 1. The van der Waals surface area contributed by atoms with Gasteiger partial charge in [-0.05, 0) is 18.2 Å². The number of quaternary nitrogens is 1. The lowest BCUT2D eigenvalue weighted by molar-refractivity contribution is -0.925. The molecular weight excluding hydrogens is 387 g/mol. The summed E-state index contributed by atoms with van der Waals surface area (Å²) in [6.45, 7) is 2.70. The number of halogens is 2. The van der Waals surface area contributed by atoms with Crippen molar-refractivity contribution in [3.05, 3.63) is 28.2 Å². The summed E-state index contributed by atoms with van der Waals surface area (Å²) in [5, 5.41) is 0.883. The van der Waals surface area contributed by atoms with Crippen LogP contribution in [0.15, 0.2) is 18.2 Å². The van der Waals surface area contributed by atoms with Gasteiger partial charge in [-0.15, -0.1) is 0 Å². The Bertz CT molecular complexity index is 749. The van der Waals surface area contributed by atoms with Gasteiger partial charge in [-0.2, -0.15) is 0 Å². The fourth-order valence-electron chi connectivity index (χ4n) is 3.39. The van der Waals surface area contributed by atoms with Gasteiger partial charge in [0.2, 0.25) is 0 Å². The fraction of sp³-hybridized carbons (Fsp3) is 0.562. The van der Waals surface area contributed by atoms with E-state index in [1.807, 2.05) is 0 Å². The minimum absolute atomic E-state index is 0.0749. The number of rotatable bonds is 4. The molecule has 2 saturated heterocycles. The average Bonchev–Trinajstić information content (AvgIpc) is 2.94. The summed E-state index contributed by atoms with van der Waals surface area (Å²) in [4.78, 5) is 15.4. The topological polar surface area (TPSA) is 68.1 Å². The molecule has 25 heavy (non-hydrogen) atoms. The Morgan fingerprint density at radius 3 is 2.60 bits per heavy atom. The molecule has 1 atom stereocenters. The number of piperazine rings is 1. The highest BCUT2D eigenvalue weighted by molar-refractivity contribution is 7.91. The summed E-state index contributed by atoms with van der Waals surface area (Å²) in [5.74, 6) is 0.900. The number of amides is 1. The third-order valence-electron chi connectivity index (χ3n) is 4.81. The second kappa shape index (κ2) is 7.70. The lowest BCUT2D eigenvalue weighted by Gasteiger charge is -2.34. The van der Waals surface area contributed by atoms with Gasteiger partial charge < -0.3 is 14.5 Å². The molecule has 1 aromatic rings. The highest BCUT2D eigenvalue weighted by Crippen LogP contribution is 2.27. The zero-order valence-electron chi connectivity index (χ0n) is 13.7. The van der Waals surface area contributed by atoms with E-state index in [1.54, 1.807) is 23.1 Å². The van der Waals surface area contributed by atoms with E-state index < -0.39 is 9.84 Å². The van der Waals surface area contributed by atoms with Crippen LogP contribution in [0.2, 0.25) is 10.0 Å². The maximum atomic E-state index is 12.3. The molecule has 6 nitrogen and oxygen atoms in total. The van der Waals surface area contributed by atoms with Crippen molar-refractivity contribution in [1.82, 2.24) is 4.90 Å².